The van der Waals surface area contributed by atoms with Gasteiger partial charge in [-0.25, -0.2) is 9.07 Å². The fraction of sp³-hybridized carbons (Fsp3) is 0.407. The minimum atomic E-state index is -0.360. The van der Waals surface area contributed by atoms with Gasteiger partial charge < -0.3 is 5.32 Å². The van der Waals surface area contributed by atoms with Crippen molar-refractivity contribution in [3.63, 3.8) is 0 Å². The minimum absolute atomic E-state index is 0.134. The number of nitrogens with one attached hydrogen (secondary N) is 1. The molecule has 0 atom stereocenters. The highest BCUT2D eigenvalue weighted by Crippen LogP contribution is 2.55. The van der Waals surface area contributed by atoms with Crippen LogP contribution in [0.5, 0.6) is 0 Å². The molecule has 7 rings (SSSR count). The Bertz CT molecular complexity index is 1270. The van der Waals surface area contributed by atoms with Gasteiger partial charge in [-0.05, 0) is 98.2 Å². The predicted octanol–water partition coefficient (Wildman–Crippen LogP) is 5.29. The van der Waals surface area contributed by atoms with E-state index in [1.54, 1.807) is 16.9 Å². The second-order valence-corrected chi connectivity index (χ2v) is 11.4. The summed E-state index contributed by atoms with van der Waals surface area (Å²) < 4.78 is 17.9. The Kier molecular flexibility index (Phi) is 5.28. The van der Waals surface area contributed by atoms with Gasteiger partial charge in [-0.2, -0.15) is 0 Å². The van der Waals surface area contributed by atoms with E-state index in [1.165, 1.54) is 36.1 Å². The van der Waals surface area contributed by atoms with Gasteiger partial charge in [0.1, 0.15) is 11.4 Å². The van der Waals surface area contributed by atoms with Crippen LogP contribution in [0.25, 0.3) is 5.69 Å². The van der Waals surface area contributed by atoms with E-state index in [0.717, 1.165) is 23.7 Å². The van der Waals surface area contributed by atoms with Gasteiger partial charge >= 0.3 is 0 Å². The Morgan fingerprint density at radius 3 is 2.29 bits per heavy atom. The number of carbonyl (C=O) groups is 1. The van der Waals surface area contributed by atoms with Crippen molar-refractivity contribution in [2.45, 2.75) is 50.6 Å². The van der Waals surface area contributed by atoms with E-state index in [9.17, 15) is 14.0 Å². The molecule has 1 amide bonds. The Balaban J connectivity index is 1.36. The average molecular weight is 524 g/mol. The Labute approximate surface area is 206 Å². The number of benzene rings is 2. The zero-order valence-corrected chi connectivity index (χ0v) is 20.4. The molecule has 1 N–H and O–H groups in total. The van der Waals surface area contributed by atoms with Gasteiger partial charge in [0, 0.05) is 16.2 Å². The molecule has 7 heteroatoms. The van der Waals surface area contributed by atoms with Crippen molar-refractivity contribution in [3.05, 3.63) is 86.5 Å². The van der Waals surface area contributed by atoms with Crippen molar-refractivity contribution < 1.29 is 9.18 Å². The highest BCUT2D eigenvalue weighted by atomic mass is 79.9. The van der Waals surface area contributed by atoms with E-state index in [4.69, 9.17) is 0 Å². The third-order valence-corrected chi connectivity index (χ3v) is 8.45. The molecule has 34 heavy (non-hydrogen) atoms. The molecular weight excluding hydrogens is 497 g/mol. The maximum atomic E-state index is 13.8. The number of hydrogen-bond donors (Lipinski definition) is 1. The second kappa shape index (κ2) is 8.22. The van der Waals surface area contributed by atoms with Crippen LogP contribution in [0.1, 0.15) is 54.4 Å². The lowest BCUT2D eigenvalue weighted by Crippen LogP contribution is -2.60. The summed E-state index contributed by atoms with van der Waals surface area (Å²) in [6.45, 7) is 0.272. The highest BCUT2D eigenvalue weighted by Gasteiger charge is 2.51. The third kappa shape index (κ3) is 3.94. The first-order chi connectivity index (χ1) is 16.4. The molecule has 1 aromatic heterocycles. The van der Waals surface area contributed by atoms with Gasteiger partial charge in [0.15, 0.2) is 0 Å². The van der Waals surface area contributed by atoms with Crippen LogP contribution in [0.3, 0.4) is 0 Å². The standard InChI is InChI=1S/C27H27BrFN3O2/c28-21-4-6-23(7-5-21)32-26(34)24(16-31(32)15-17-2-1-3-22(29)11-17)25(33)30-27-12-18-8-19(13-27)10-20(9-18)14-27/h1-7,11,16,18-20H,8-10,12-15H2,(H,30,33). The summed E-state index contributed by atoms with van der Waals surface area (Å²) in [5.41, 5.74) is 0.967. The normalized spacial score (nSPS) is 27.2. The second-order valence-electron chi connectivity index (χ2n) is 10.5. The Morgan fingerprint density at radius 1 is 1.03 bits per heavy atom. The molecular formula is C27H27BrFN3O2. The molecule has 176 valence electrons. The predicted molar refractivity (Wildman–Crippen MR) is 132 cm³/mol. The lowest BCUT2D eigenvalue weighted by atomic mass is 9.53. The van der Waals surface area contributed by atoms with Gasteiger partial charge in [0.05, 0.1) is 12.2 Å². The molecule has 4 aliphatic rings. The molecule has 0 spiro atoms. The van der Waals surface area contributed by atoms with Crippen molar-refractivity contribution in [3.8, 4) is 5.69 Å². The van der Waals surface area contributed by atoms with Crippen LogP contribution in [0.15, 0.2) is 64.0 Å². The van der Waals surface area contributed by atoms with Crippen LogP contribution < -0.4 is 10.9 Å². The van der Waals surface area contributed by atoms with Crippen LogP contribution >= 0.6 is 15.9 Å². The van der Waals surface area contributed by atoms with Gasteiger partial charge in [-0.3, -0.25) is 14.3 Å². The summed E-state index contributed by atoms with van der Waals surface area (Å²) in [5, 5.41) is 3.32. The van der Waals surface area contributed by atoms with Crippen LogP contribution in [0.4, 0.5) is 4.39 Å². The van der Waals surface area contributed by atoms with Crippen molar-refractivity contribution in [1.29, 1.82) is 0 Å². The maximum Gasteiger partial charge on any atom is 0.284 e. The van der Waals surface area contributed by atoms with Crippen molar-refractivity contribution in [2.75, 3.05) is 0 Å². The molecule has 4 aliphatic carbocycles. The van der Waals surface area contributed by atoms with E-state index >= 15 is 0 Å². The topological polar surface area (TPSA) is 56.0 Å². The van der Waals surface area contributed by atoms with Crippen LogP contribution in [0, 0.1) is 23.6 Å². The van der Waals surface area contributed by atoms with Crippen molar-refractivity contribution >= 4 is 21.8 Å². The summed E-state index contributed by atoms with van der Waals surface area (Å²) >= 11 is 3.43. The lowest BCUT2D eigenvalue weighted by molar-refractivity contribution is -0.0167. The van der Waals surface area contributed by atoms with E-state index in [0.29, 0.717) is 29.0 Å². The average Bonchev–Trinajstić information content (AvgIpc) is 3.09. The smallest absolute Gasteiger partial charge is 0.284 e. The molecule has 4 saturated carbocycles. The van der Waals surface area contributed by atoms with Crippen LogP contribution in [-0.2, 0) is 6.54 Å². The quantitative estimate of drug-likeness (QED) is 0.494. The molecule has 0 saturated heterocycles. The highest BCUT2D eigenvalue weighted by molar-refractivity contribution is 9.10. The molecule has 4 fully saturated rings. The number of carbonyl (C=O) groups excluding carboxylic acids is 1. The Hall–Kier alpha value is -2.67. The summed E-state index contributed by atoms with van der Waals surface area (Å²) in [6, 6.07) is 13.7. The number of rotatable bonds is 5. The molecule has 3 aromatic rings. The SMILES string of the molecule is O=C(NC12CC3CC(CC(C3)C1)C2)c1cn(Cc2cccc(F)c2)n(-c2ccc(Br)cc2)c1=O. The van der Waals surface area contributed by atoms with Gasteiger partial charge in [0.2, 0.25) is 0 Å². The number of nitrogens with zero attached hydrogens (tertiary/aromatic N) is 2. The summed E-state index contributed by atoms with van der Waals surface area (Å²) in [7, 11) is 0. The summed E-state index contributed by atoms with van der Waals surface area (Å²) in [5.74, 6) is 1.47. The number of halogens is 2. The fourth-order valence-electron chi connectivity index (χ4n) is 7.01. The van der Waals surface area contributed by atoms with Crippen molar-refractivity contribution in [2.24, 2.45) is 17.8 Å². The van der Waals surface area contributed by atoms with E-state index in [1.807, 2.05) is 30.3 Å². The lowest BCUT2D eigenvalue weighted by Gasteiger charge is -2.56. The first kappa shape index (κ1) is 21.8. The zero-order valence-electron chi connectivity index (χ0n) is 18.8. The summed E-state index contributed by atoms with van der Waals surface area (Å²) in [4.78, 5) is 27.1. The fourth-order valence-corrected chi connectivity index (χ4v) is 7.27. The van der Waals surface area contributed by atoms with E-state index in [-0.39, 0.29) is 34.9 Å². The molecule has 4 bridgehead atoms. The van der Waals surface area contributed by atoms with E-state index < -0.39 is 0 Å². The number of amides is 1. The largest absolute Gasteiger partial charge is 0.346 e. The zero-order chi connectivity index (χ0) is 23.4. The van der Waals surface area contributed by atoms with E-state index in [2.05, 4.69) is 21.2 Å². The summed E-state index contributed by atoms with van der Waals surface area (Å²) in [6.07, 6.45) is 8.55. The molecule has 1 heterocycles. The van der Waals surface area contributed by atoms with Gasteiger partial charge in [-0.15, -0.1) is 0 Å². The molecule has 5 nitrogen and oxygen atoms in total. The molecule has 0 aliphatic heterocycles. The van der Waals surface area contributed by atoms with Crippen LogP contribution in [0.2, 0.25) is 0 Å². The first-order valence-electron chi connectivity index (χ1n) is 12.0. The van der Waals surface area contributed by atoms with Crippen LogP contribution in [-0.4, -0.2) is 20.8 Å². The maximum absolute atomic E-state index is 13.8. The first-order valence-corrected chi connectivity index (χ1v) is 12.8. The third-order valence-electron chi connectivity index (χ3n) is 7.92. The monoisotopic (exact) mass is 523 g/mol. The number of hydrogen-bond acceptors (Lipinski definition) is 2. The van der Waals surface area contributed by atoms with Gasteiger partial charge in [0.25, 0.3) is 11.5 Å². The van der Waals surface area contributed by atoms with Crippen molar-refractivity contribution in [1.82, 2.24) is 14.7 Å². The Morgan fingerprint density at radius 2 is 1.68 bits per heavy atom. The number of aromatic nitrogens is 2. The minimum Gasteiger partial charge on any atom is -0.346 e. The van der Waals surface area contributed by atoms with Gasteiger partial charge in [-0.1, -0.05) is 28.1 Å². The molecule has 2 aromatic carbocycles. The molecule has 0 radical (unpaired) electrons. The molecule has 0 unspecified atom stereocenters.